The second kappa shape index (κ2) is 15.0. The molecule has 2 aromatic carbocycles. The number of nitrogens with zero attached hydrogens (tertiary/aromatic N) is 3. The normalized spacial score (nSPS) is 12.7. The van der Waals surface area contributed by atoms with Gasteiger partial charge in [-0.05, 0) is 49.3 Å². The molecule has 1 aliphatic carbocycles. The highest BCUT2D eigenvalue weighted by atomic mass is 32.2. The molecule has 0 bridgehead atoms. The standard InChI is InChI=1S/C32H35N5O4S2/c1-2-41-31(40)29-24-16-10-5-11-17-25(24)43-30(29)34-28(39)21-42-32-36-35-26(37(32)20-23-14-8-4-9-15-23)19-33-27(38)18-22-12-6-3-7-13-22/h3-4,6-9,12-15H,2,5,10-11,16-21H2,1H3,(H,33,38)(H,34,39). The van der Waals surface area contributed by atoms with Crippen molar-refractivity contribution < 1.29 is 19.1 Å². The van der Waals surface area contributed by atoms with Crippen LogP contribution < -0.4 is 10.6 Å². The molecule has 11 heteroatoms. The van der Waals surface area contributed by atoms with Gasteiger partial charge >= 0.3 is 5.97 Å². The van der Waals surface area contributed by atoms with Crippen molar-refractivity contribution in [1.29, 1.82) is 0 Å². The number of fused-ring (bicyclic) bond motifs is 1. The average Bonchev–Trinajstić information content (AvgIpc) is 3.46. The molecule has 1 aliphatic rings. The zero-order valence-corrected chi connectivity index (χ0v) is 25.8. The van der Waals surface area contributed by atoms with Gasteiger partial charge in [-0.1, -0.05) is 78.8 Å². The summed E-state index contributed by atoms with van der Waals surface area (Å²) in [5.41, 5.74) is 3.50. The van der Waals surface area contributed by atoms with E-state index in [-0.39, 0.29) is 43.1 Å². The van der Waals surface area contributed by atoms with Crippen molar-refractivity contribution in [2.45, 2.75) is 63.7 Å². The van der Waals surface area contributed by atoms with E-state index < -0.39 is 0 Å². The van der Waals surface area contributed by atoms with Crippen molar-refractivity contribution in [1.82, 2.24) is 20.1 Å². The van der Waals surface area contributed by atoms with Crippen LogP contribution in [0.2, 0.25) is 0 Å². The van der Waals surface area contributed by atoms with Gasteiger partial charge in [0, 0.05) is 4.88 Å². The highest BCUT2D eigenvalue weighted by molar-refractivity contribution is 7.99. The number of hydrogen-bond donors (Lipinski definition) is 2. The Labute approximate surface area is 259 Å². The zero-order valence-electron chi connectivity index (χ0n) is 24.1. The number of thiophene rings is 1. The van der Waals surface area contributed by atoms with E-state index in [9.17, 15) is 14.4 Å². The molecule has 0 radical (unpaired) electrons. The molecule has 5 rings (SSSR count). The van der Waals surface area contributed by atoms with Crippen LogP contribution in [-0.4, -0.2) is 44.9 Å². The minimum absolute atomic E-state index is 0.0815. The number of carbonyl (C=O) groups excluding carboxylic acids is 3. The SMILES string of the molecule is CCOC(=O)c1c(NC(=O)CSc2nnc(CNC(=O)Cc3ccccc3)n2Cc2ccccc2)sc2c1CCCCC2. The minimum atomic E-state index is -0.383. The summed E-state index contributed by atoms with van der Waals surface area (Å²) in [5, 5.41) is 15.8. The van der Waals surface area contributed by atoms with E-state index in [0.29, 0.717) is 28.1 Å². The molecule has 43 heavy (non-hydrogen) atoms. The summed E-state index contributed by atoms with van der Waals surface area (Å²) in [5.74, 6) is -0.0520. The Balaban J connectivity index is 1.28. The van der Waals surface area contributed by atoms with Crippen molar-refractivity contribution >= 4 is 45.9 Å². The van der Waals surface area contributed by atoms with Crippen molar-refractivity contribution in [3.63, 3.8) is 0 Å². The fraction of sp³-hybridized carbons (Fsp3) is 0.344. The number of thioether (sulfide) groups is 1. The number of carbonyl (C=O) groups is 3. The van der Waals surface area contributed by atoms with Gasteiger partial charge in [-0.2, -0.15) is 0 Å². The maximum Gasteiger partial charge on any atom is 0.341 e. The van der Waals surface area contributed by atoms with E-state index in [2.05, 4.69) is 20.8 Å². The Morgan fingerprint density at radius 2 is 1.65 bits per heavy atom. The van der Waals surface area contributed by atoms with Gasteiger partial charge in [0.15, 0.2) is 11.0 Å². The molecule has 2 N–H and O–H groups in total. The van der Waals surface area contributed by atoms with E-state index in [1.54, 1.807) is 6.92 Å². The molecule has 0 aliphatic heterocycles. The molecule has 224 valence electrons. The average molecular weight is 618 g/mol. The molecule has 2 aromatic heterocycles. The first-order valence-corrected chi connectivity index (χ1v) is 16.3. The number of amides is 2. The smallest absolute Gasteiger partial charge is 0.341 e. The van der Waals surface area contributed by atoms with Crippen LogP contribution in [0.5, 0.6) is 0 Å². The van der Waals surface area contributed by atoms with Gasteiger partial charge < -0.3 is 19.9 Å². The highest BCUT2D eigenvalue weighted by Gasteiger charge is 2.27. The molecular weight excluding hydrogens is 583 g/mol. The molecular formula is C32H35N5O4S2. The summed E-state index contributed by atoms with van der Waals surface area (Å²) in [6.45, 7) is 2.76. The van der Waals surface area contributed by atoms with Crippen LogP contribution in [0.4, 0.5) is 5.00 Å². The van der Waals surface area contributed by atoms with Crippen LogP contribution in [0, 0.1) is 0 Å². The molecule has 0 saturated carbocycles. The first kappa shape index (κ1) is 30.5. The summed E-state index contributed by atoms with van der Waals surface area (Å²) in [6.07, 6.45) is 5.22. The van der Waals surface area contributed by atoms with Crippen molar-refractivity contribution in [2.24, 2.45) is 0 Å². The molecule has 2 heterocycles. The first-order valence-electron chi connectivity index (χ1n) is 14.5. The lowest BCUT2D eigenvalue weighted by Gasteiger charge is -2.12. The number of esters is 1. The van der Waals surface area contributed by atoms with E-state index in [4.69, 9.17) is 4.74 Å². The summed E-state index contributed by atoms with van der Waals surface area (Å²) >= 11 is 2.75. The van der Waals surface area contributed by atoms with Crippen LogP contribution >= 0.6 is 23.1 Å². The number of hydrogen-bond acceptors (Lipinski definition) is 8. The third-order valence-corrected chi connectivity index (χ3v) is 9.29. The number of rotatable bonds is 12. The topological polar surface area (TPSA) is 115 Å². The molecule has 4 aromatic rings. The second-order valence-electron chi connectivity index (χ2n) is 10.2. The van der Waals surface area contributed by atoms with Gasteiger partial charge in [0.05, 0.1) is 37.4 Å². The van der Waals surface area contributed by atoms with Crippen molar-refractivity contribution in [3.8, 4) is 0 Å². The van der Waals surface area contributed by atoms with Crippen LogP contribution in [-0.2, 0) is 46.7 Å². The second-order valence-corrected chi connectivity index (χ2v) is 12.3. The van der Waals surface area contributed by atoms with Crippen LogP contribution in [0.3, 0.4) is 0 Å². The number of benzene rings is 2. The lowest BCUT2D eigenvalue weighted by atomic mass is 10.1. The van der Waals surface area contributed by atoms with Crippen LogP contribution in [0.25, 0.3) is 0 Å². The monoisotopic (exact) mass is 617 g/mol. The third kappa shape index (κ3) is 8.11. The molecule has 0 spiro atoms. The van der Waals surface area contributed by atoms with Gasteiger partial charge in [-0.25, -0.2) is 4.79 Å². The Bertz CT molecular complexity index is 1550. The van der Waals surface area contributed by atoms with E-state index >= 15 is 0 Å². The lowest BCUT2D eigenvalue weighted by molar-refractivity contribution is -0.120. The first-order chi connectivity index (χ1) is 21.0. The molecule has 0 saturated heterocycles. The Morgan fingerprint density at radius 1 is 0.930 bits per heavy atom. The molecule has 0 fully saturated rings. The maximum atomic E-state index is 13.2. The van der Waals surface area contributed by atoms with Gasteiger partial charge in [0.2, 0.25) is 11.8 Å². The van der Waals surface area contributed by atoms with E-state index in [0.717, 1.165) is 53.7 Å². The number of anilines is 1. The fourth-order valence-electron chi connectivity index (χ4n) is 5.05. The number of nitrogens with one attached hydrogen (secondary N) is 2. The summed E-state index contributed by atoms with van der Waals surface area (Å²) in [7, 11) is 0. The highest BCUT2D eigenvalue weighted by Crippen LogP contribution is 2.38. The van der Waals surface area contributed by atoms with Gasteiger partial charge in [0.1, 0.15) is 5.00 Å². The largest absolute Gasteiger partial charge is 0.462 e. The van der Waals surface area contributed by atoms with Crippen LogP contribution in [0.15, 0.2) is 65.8 Å². The molecule has 2 amide bonds. The Hall–Kier alpha value is -3.96. The van der Waals surface area contributed by atoms with Crippen LogP contribution in [0.1, 0.15) is 63.9 Å². The predicted molar refractivity (Wildman–Crippen MR) is 168 cm³/mol. The fourth-order valence-corrected chi connectivity index (χ4v) is 7.10. The molecule has 0 unspecified atom stereocenters. The Morgan fingerprint density at radius 3 is 2.40 bits per heavy atom. The molecule has 0 atom stereocenters. The number of aryl methyl sites for hydroxylation is 1. The quantitative estimate of drug-likeness (QED) is 0.124. The van der Waals surface area contributed by atoms with E-state index in [1.165, 1.54) is 23.1 Å². The Kier molecular flexibility index (Phi) is 10.6. The van der Waals surface area contributed by atoms with Crippen molar-refractivity contribution in [2.75, 3.05) is 17.7 Å². The summed E-state index contributed by atoms with van der Waals surface area (Å²) < 4.78 is 7.28. The summed E-state index contributed by atoms with van der Waals surface area (Å²) in [6, 6.07) is 19.5. The summed E-state index contributed by atoms with van der Waals surface area (Å²) in [4.78, 5) is 39.8. The van der Waals surface area contributed by atoms with Gasteiger partial charge in [0.25, 0.3) is 0 Å². The van der Waals surface area contributed by atoms with Gasteiger partial charge in [-0.15, -0.1) is 21.5 Å². The number of aromatic nitrogens is 3. The van der Waals surface area contributed by atoms with Crippen molar-refractivity contribution in [3.05, 3.63) is 93.6 Å². The number of ether oxygens (including phenoxy) is 1. The van der Waals surface area contributed by atoms with E-state index in [1.807, 2.05) is 65.2 Å². The molecule has 9 nitrogen and oxygen atoms in total. The maximum absolute atomic E-state index is 13.2. The van der Waals surface area contributed by atoms with Gasteiger partial charge in [-0.3, -0.25) is 9.59 Å². The lowest BCUT2D eigenvalue weighted by Crippen LogP contribution is -2.26. The third-order valence-electron chi connectivity index (χ3n) is 7.11. The predicted octanol–water partition coefficient (Wildman–Crippen LogP) is 5.42. The minimum Gasteiger partial charge on any atom is -0.462 e. The zero-order chi connectivity index (χ0) is 30.0.